The van der Waals surface area contributed by atoms with Crippen molar-refractivity contribution in [2.75, 3.05) is 31.1 Å². The molecule has 0 aromatic heterocycles. The Labute approximate surface area is 107 Å². The minimum absolute atomic E-state index is 0.253. The third kappa shape index (κ3) is 9.58. The zero-order chi connectivity index (χ0) is 14.0. The Morgan fingerprint density at radius 2 is 1.78 bits per heavy atom. The molecule has 8 nitrogen and oxygen atoms in total. The van der Waals surface area contributed by atoms with Crippen LogP contribution in [0.2, 0.25) is 0 Å². The summed E-state index contributed by atoms with van der Waals surface area (Å²) >= 11 is 0. The van der Waals surface area contributed by atoms with Crippen molar-refractivity contribution >= 4 is 28.7 Å². The zero-order valence-corrected chi connectivity index (χ0v) is 10.8. The maximum Gasteiger partial charge on any atom is 0.322 e. The fourth-order valence-corrected chi connectivity index (χ4v) is 1.50. The maximum absolute atomic E-state index is 11.1. The number of hydrogen-bond donors (Lipinski definition) is 4. The summed E-state index contributed by atoms with van der Waals surface area (Å²) in [6.07, 6.45) is 0. The second-order valence-electron chi connectivity index (χ2n) is 3.21. The van der Waals surface area contributed by atoms with Crippen LogP contribution in [-0.4, -0.2) is 58.4 Å². The van der Waals surface area contributed by atoms with Crippen LogP contribution >= 0.6 is 0 Å². The number of rotatable bonds is 8. The summed E-state index contributed by atoms with van der Waals surface area (Å²) in [5.74, 6) is -0.865. The Bertz CT molecular complexity index is 334. The standard InChI is InChI=1S/C9H17N3O5S/c1-2-18(17)4-3-10-9(16)12-5-7(13)11-6-8(14)15/h2-6H2,1H3,(H,11,13)(H,14,15)(H2,10,12,16). The third-order valence-corrected chi connectivity index (χ3v) is 3.09. The van der Waals surface area contributed by atoms with Crippen molar-refractivity contribution in [1.29, 1.82) is 0 Å². The second kappa shape index (κ2) is 9.40. The first-order valence-electron chi connectivity index (χ1n) is 5.30. The number of urea groups is 1. The van der Waals surface area contributed by atoms with Gasteiger partial charge in [-0.1, -0.05) is 6.92 Å². The average molecular weight is 279 g/mol. The van der Waals surface area contributed by atoms with E-state index in [0.29, 0.717) is 11.5 Å². The quantitative estimate of drug-likeness (QED) is 0.419. The summed E-state index contributed by atoms with van der Waals surface area (Å²) in [6.45, 7) is 1.24. The van der Waals surface area contributed by atoms with Crippen LogP contribution in [0.3, 0.4) is 0 Å². The maximum atomic E-state index is 11.1. The number of amides is 3. The topological polar surface area (TPSA) is 125 Å². The Morgan fingerprint density at radius 1 is 1.11 bits per heavy atom. The van der Waals surface area contributed by atoms with E-state index in [1.54, 1.807) is 6.92 Å². The van der Waals surface area contributed by atoms with Gasteiger partial charge in [-0.2, -0.15) is 0 Å². The summed E-state index contributed by atoms with van der Waals surface area (Å²) in [5, 5.41) is 15.1. The Balaban J connectivity index is 3.61. The molecule has 0 aromatic rings. The molecule has 3 amide bonds. The fourth-order valence-electron chi connectivity index (χ4n) is 0.882. The molecule has 18 heavy (non-hydrogen) atoms. The van der Waals surface area contributed by atoms with E-state index < -0.39 is 35.3 Å². The predicted molar refractivity (Wildman–Crippen MR) is 65.6 cm³/mol. The molecule has 4 N–H and O–H groups in total. The number of carbonyl (C=O) groups excluding carboxylic acids is 2. The number of carbonyl (C=O) groups is 3. The first kappa shape index (κ1) is 16.4. The van der Waals surface area contributed by atoms with Crippen molar-refractivity contribution < 1.29 is 23.7 Å². The molecule has 0 radical (unpaired) electrons. The van der Waals surface area contributed by atoms with Gasteiger partial charge in [-0.25, -0.2) is 4.79 Å². The summed E-state index contributed by atoms with van der Waals surface area (Å²) in [6, 6.07) is -0.562. The van der Waals surface area contributed by atoms with Gasteiger partial charge >= 0.3 is 12.0 Å². The molecule has 0 heterocycles. The lowest BCUT2D eigenvalue weighted by atomic mass is 10.5. The van der Waals surface area contributed by atoms with Crippen molar-refractivity contribution in [2.45, 2.75) is 6.92 Å². The Morgan fingerprint density at radius 3 is 2.33 bits per heavy atom. The van der Waals surface area contributed by atoms with Crippen LogP contribution in [0, 0.1) is 0 Å². The summed E-state index contributed by atoms with van der Waals surface area (Å²) < 4.78 is 11.0. The van der Waals surface area contributed by atoms with Gasteiger partial charge in [-0.15, -0.1) is 0 Å². The lowest BCUT2D eigenvalue weighted by Crippen LogP contribution is -2.43. The van der Waals surface area contributed by atoms with E-state index in [0.717, 1.165) is 0 Å². The lowest BCUT2D eigenvalue weighted by Gasteiger charge is -2.07. The molecule has 104 valence electrons. The molecule has 0 spiro atoms. The third-order valence-electron chi connectivity index (χ3n) is 1.78. The van der Waals surface area contributed by atoms with E-state index >= 15 is 0 Å². The molecule has 0 aromatic carbocycles. The van der Waals surface area contributed by atoms with Gasteiger partial charge < -0.3 is 21.1 Å². The molecule has 0 aliphatic carbocycles. The van der Waals surface area contributed by atoms with E-state index in [9.17, 15) is 18.6 Å². The average Bonchev–Trinajstić information content (AvgIpc) is 2.33. The molecular weight excluding hydrogens is 262 g/mol. The van der Waals surface area contributed by atoms with Gasteiger partial charge in [-0.05, 0) is 0 Å². The SMILES string of the molecule is CCS(=O)CCNC(=O)NCC(=O)NCC(=O)O. The van der Waals surface area contributed by atoms with E-state index in [4.69, 9.17) is 5.11 Å². The van der Waals surface area contributed by atoms with Gasteiger partial charge in [0.2, 0.25) is 5.91 Å². The fraction of sp³-hybridized carbons (Fsp3) is 0.667. The number of carboxylic acid groups (broad SMARTS) is 1. The minimum Gasteiger partial charge on any atom is -0.480 e. The monoisotopic (exact) mass is 279 g/mol. The van der Waals surface area contributed by atoms with Gasteiger partial charge in [0.1, 0.15) is 6.54 Å². The molecule has 1 unspecified atom stereocenters. The van der Waals surface area contributed by atoms with Crippen LogP contribution in [0.25, 0.3) is 0 Å². The van der Waals surface area contributed by atoms with Crippen LogP contribution in [0.5, 0.6) is 0 Å². The summed E-state index contributed by atoms with van der Waals surface area (Å²) in [4.78, 5) is 32.3. The van der Waals surface area contributed by atoms with Gasteiger partial charge in [0.25, 0.3) is 0 Å². The van der Waals surface area contributed by atoms with E-state index in [1.165, 1.54) is 0 Å². The highest BCUT2D eigenvalue weighted by Gasteiger charge is 2.06. The highest BCUT2D eigenvalue weighted by Crippen LogP contribution is 1.79. The predicted octanol–water partition coefficient (Wildman–Crippen LogP) is -1.74. The highest BCUT2D eigenvalue weighted by molar-refractivity contribution is 7.84. The summed E-state index contributed by atoms with van der Waals surface area (Å²) in [7, 11) is -0.951. The second-order valence-corrected chi connectivity index (χ2v) is 5.08. The van der Waals surface area contributed by atoms with Gasteiger partial charge in [0.15, 0.2) is 0 Å². The van der Waals surface area contributed by atoms with Crippen LogP contribution in [0.1, 0.15) is 6.92 Å². The summed E-state index contributed by atoms with van der Waals surface area (Å²) in [5.41, 5.74) is 0. The molecule has 0 fully saturated rings. The molecule has 9 heteroatoms. The minimum atomic E-state index is -1.16. The van der Waals surface area contributed by atoms with Gasteiger partial charge in [0, 0.05) is 28.9 Å². The number of carboxylic acids is 1. The molecule has 1 atom stereocenters. The first-order chi connectivity index (χ1) is 8.45. The largest absolute Gasteiger partial charge is 0.480 e. The molecule has 0 rings (SSSR count). The van der Waals surface area contributed by atoms with Crippen molar-refractivity contribution in [2.24, 2.45) is 0 Å². The number of nitrogens with one attached hydrogen (secondary N) is 3. The van der Waals surface area contributed by atoms with Crippen molar-refractivity contribution in [3.05, 3.63) is 0 Å². The van der Waals surface area contributed by atoms with E-state index in [1.807, 2.05) is 0 Å². The molecule has 0 aliphatic rings. The van der Waals surface area contributed by atoms with Crippen LogP contribution in [0.4, 0.5) is 4.79 Å². The Hall–Kier alpha value is -1.64. The van der Waals surface area contributed by atoms with Crippen molar-refractivity contribution in [3.63, 3.8) is 0 Å². The molecule has 0 bridgehead atoms. The lowest BCUT2D eigenvalue weighted by molar-refractivity contribution is -0.137. The molecular formula is C9H17N3O5S. The van der Waals surface area contributed by atoms with Crippen LogP contribution in [0.15, 0.2) is 0 Å². The Kier molecular flexibility index (Phi) is 8.54. The first-order valence-corrected chi connectivity index (χ1v) is 6.79. The van der Waals surface area contributed by atoms with Crippen molar-refractivity contribution in [3.8, 4) is 0 Å². The van der Waals surface area contributed by atoms with Gasteiger partial charge in [-0.3, -0.25) is 13.8 Å². The highest BCUT2D eigenvalue weighted by atomic mass is 32.2. The van der Waals surface area contributed by atoms with Crippen LogP contribution in [-0.2, 0) is 20.4 Å². The van der Waals surface area contributed by atoms with Gasteiger partial charge in [0.05, 0.1) is 6.54 Å². The molecule has 0 saturated heterocycles. The molecule has 0 saturated carbocycles. The number of hydrogen-bond acceptors (Lipinski definition) is 4. The number of aliphatic carboxylic acids is 1. The van der Waals surface area contributed by atoms with E-state index in [-0.39, 0.29) is 13.1 Å². The van der Waals surface area contributed by atoms with Crippen molar-refractivity contribution in [1.82, 2.24) is 16.0 Å². The van der Waals surface area contributed by atoms with Crippen LogP contribution < -0.4 is 16.0 Å². The normalized spacial score (nSPS) is 11.4. The zero-order valence-electron chi connectivity index (χ0n) is 10.0. The molecule has 0 aliphatic heterocycles. The van der Waals surface area contributed by atoms with E-state index in [2.05, 4.69) is 16.0 Å². The smallest absolute Gasteiger partial charge is 0.322 e.